The van der Waals surface area contributed by atoms with Crippen molar-refractivity contribution in [1.29, 1.82) is 5.26 Å². The summed E-state index contributed by atoms with van der Waals surface area (Å²) in [6.45, 7) is 0. The lowest BCUT2D eigenvalue weighted by atomic mass is 9.96. The molecule has 2 aromatic carbocycles. The summed E-state index contributed by atoms with van der Waals surface area (Å²) in [6.07, 6.45) is 4.35. The quantitative estimate of drug-likeness (QED) is 0.486. The van der Waals surface area contributed by atoms with Crippen LogP contribution in [0, 0.1) is 11.3 Å². The fourth-order valence-corrected chi connectivity index (χ4v) is 4.38. The van der Waals surface area contributed by atoms with Gasteiger partial charge in [-0.15, -0.1) is 21.6 Å². The highest BCUT2D eigenvalue weighted by molar-refractivity contribution is 7.16. The minimum atomic E-state index is 0.595. The van der Waals surface area contributed by atoms with E-state index in [0.29, 0.717) is 21.9 Å². The molecule has 0 saturated heterocycles. The average molecular weight is 332 g/mol. The molecule has 1 heterocycles. The third-order valence-corrected chi connectivity index (χ3v) is 5.61. The fourth-order valence-electron chi connectivity index (χ4n) is 3.22. The van der Waals surface area contributed by atoms with Crippen molar-refractivity contribution >= 4 is 38.5 Å². The van der Waals surface area contributed by atoms with E-state index in [9.17, 15) is 5.26 Å². The Morgan fingerprint density at radius 2 is 1.88 bits per heavy atom. The van der Waals surface area contributed by atoms with Gasteiger partial charge in [0.2, 0.25) is 0 Å². The van der Waals surface area contributed by atoms with Crippen molar-refractivity contribution in [3.8, 4) is 6.07 Å². The molecule has 0 saturated carbocycles. The number of aryl methyl sites for hydroxylation is 1. The van der Waals surface area contributed by atoms with E-state index in [2.05, 4.69) is 16.3 Å². The Balaban J connectivity index is 1.81. The number of fused-ring (bicyclic) bond motifs is 2. The highest BCUT2D eigenvalue weighted by atomic mass is 32.1. The molecule has 0 bridgehead atoms. The molecule has 4 nitrogen and oxygen atoms in total. The standard InChI is InChI=1S/C19H16N4S/c20-11-15-14-7-3-4-8-17(14)24-19(15)23-22-18-13-6-2-1-5-12(13)9-10-16(18)21/h1-2,5-6,9-10H,3-4,7-8,21H2. The molecule has 1 aliphatic rings. The first kappa shape index (κ1) is 14.9. The summed E-state index contributed by atoms with van der Waals surface area (Å²) in [6, 6.07) is 14.1. The van der Waals surface area contributed by atoms with E-state index in [4.69, 9.17) is 5.73 Å². The minimum Gasteiger partial charge on any atom is -0.397 e. The molecule has 2 N–H and O–H groups in total. The van der Waals surface area contributed by atoms with E-state index in [1.54, 1.807) is 11.3 Å². The molecule has 24 heavy (non-hydrogen) atoms. The van der Waals surface area contributed by atoms with Crippen molar-refractivity contribution in [3.05, 3.63) is 52.4 Å². The summed E-state index contributed by atoms with van der Waals surface area (Å²) < 4.78 is 0. The summed E-state index contributed by atoms with van der Waals surface area (Å²) >= 11 is 1.59. The molecule has 0 radical (unpaired) electrons. The van der Waals surface area contributed by atoms with Crippen LogP contribution < -0.4 is 5.73 Å². The number of hydrogen-bond acceptors (Lipinski definition) is 5. The number of anilines is 1. The molecule has 0 fully saturated rings. The number of azo groups is 1. The van der Waals surface area contributed by atoms with Gasteiger partial charge in [0.1, 0.15) is 11.8 Å². The first-order chi connectivity index (χ1) is 11.8. The molecule has 3 aromatic rings. The van der Waals surface area contributed by atoms with Crippen LogP contribution in [0.3, 0.4) is 0 Å². The number of nitrogen functional groups attached to an aromatic ring is 1. The van der Waals surface area contributed by atoms with Crippen LogP contribution in [0.5, 0.6) is 0 Å². The Bertz CT molecular complexity index is 995. The van der Waals surface area contributed by atoms with Gasteiger partial charge >= 0.3 is 0 Å². The zero-order chi connectivity index (χ0) is 16.5. The molecule has 0 amide bonds. The Hall–Kier alpha value is -2.71. The Morgan fingerprint density at radius 3 is 2.75 bits per heavy atom. The fraction of sp³-hybridized carbons (Fsp3) is 0.211. The molecule has 118 valence electrons. The third-order valence-electron chi connectivity index (χ3n) is 4.44. The second-order valence-electron chi connectivity index (χ2n) is 5.93. The number of nitrogens with zero attached hydrogens (tertiary/aromatic N) is 3. The smallest absolute Gasteiger partial charge is 0.157 e. The SMILES string of the molecule is N#Cc1c(N=Nc2c(N)ccc3ccccc23)sc2c1CCCC2. The Labute approximate surface area is 144 Å². The van der Waals surface area contributed by atoms with Crippen molar-refractivity contribution in [2.24, 2.45) is 10.2 Å². The maximum Gasteiger partial charge on any atom is 0.157 e. The molecular formula is C19H16N4S. The van der Waals surface area contributed by atoms with Crippen LogP contribution in [0.15, 0.2) is 46.6 Å². The third kappa shape index (κ3) is 2.45. The molecule has 0 unspecified atom stereocenters. The van der Waals surface area contributed by atoms with Crippen molar-refractivity contribution in [3.63, 3.8) is 0 Å². The summed E-state index contributed by atoms with van der Waals surface area (Å²) in [4.78, 5) is 1.29. The molecule has 0 atom stereocenters. The van der Waals surface area contributed by atoms with Gasteiger partial charge in [0.05, 0.1) is 11.3 Å². The number of nitrogens with two attached hydrogens (primary N) is 1. The van der Waals surface area contributed by atoms with Crippen LogP contribution in [-0.2, 0) is 12.8 Å². The number of hydrogen-bond donors (Lipinski definition) is 1. The number of nitriles is 1. The summed E-state index contributed by atoms with van der Waals surface area (Å²) in [7, 11) is 0. The lowest BCUT2D eigenvalue weighted by Gasteiger charge is -2.09. The van der Waals surface area contributed by atoms with Crippen molar-refractivity contribution < 1.29 is 0 Å². The number of benzene rings is 2. The second kappa shape index (κ2) is 6.06. The van der Waals surface area contributed by atoms with E-state index in [1.807, 2.05) is 36.4 Å². The molecule has 4 rings (SSSR count). The van der Waals surface area contributed by atoms with Gasteiger partial charge < -0.3 is 5.73 Å². The van der Waals surface area contributed by atoms with Crippen LogP contribution in [-0.4, -0.2) is 0 Å². The number of thiophene rings is 1. The highest BCUT2D eigenvalue weighted by Gasteiger charge is 2.20. The maximum absolute atomic E-state index is 9.52. The van der Waals surface area contributed by atoms with Crippen LogP contribution in [0.4, 0.5) is 16.4 Å². The molecular weight excluding hydrogens is 316 g/mol. The van der Waals surface area contributed by atoms with Gasteiger partial charge in [-0.1, -0.05) is 30.3 Å². The normalized spacial score (nSPS) is 14.0. The molecule has 0 aliphatic heterocycles. The topological polar surface area (TPSA) is 74.5 Å². The highest BCUT2D eigenvalue weighted by Crippen LogP contribution is 2.41. The van der Waals surface area contributed by atoms with Crippen LogP contribution in [0.2, 0.25) is 0 Å². The predicted octanol–water partition coefficient (Wildman–Crippen LogP) is 5.65. The van der Waals surface area contributed by atoms with Gasteiger partial charge in [-0.3, -0.25) is 0 Å². The first-order valence-electron chi connectivity index (χ1n) is 8.01. The molecule has 5 heteroatoms. The van der Waals surface area contributed by atoms with E-state index in [-0.39, 0.29) is 0 Å². The zero-order valence-electron chi connectivity index (χ0n) is 13.1. The maximum atomic E-state index is 9.52. The largest absolute Gasteiger partial charge is 0.397 e. The minimum absolute atomic E-state index is 0.595. The van der Waals surface area contributed by atoms with Gasteiger partial charge in [-0.25, -0.2) is 0 Å². The zero-order valence-corrected chi connectivity index (χ0v) is 13.9. The van der Waals surface area contributed by atoms with Gasteiger partial charge in [0.15, 0.2) is 5.00 Å². The van der Waals surface area contributed by atoms with Gasteiger partial charge in [-0.2, -0.15) is 5.26 Å². The first-order valence-corrected chi connectivity index (χ1v) is 8.83. The van der Waals surface area contributed by atoms with Gasteiger partial charge in [0.25, 0.3) is 0 Å². The van der Waals surface area contributed by atoms with Crippen LogP contribution >= 0.6 is 11.3 Å². The second-order valence-corrected chi connectivity index (χ2v) is 7.01. The average Bonchev–Trinajstić information content (AvgIpc) is 2.98. The van der Waals surface area contributed by atoms with E-state index < -0.39 is 0 Å². The summed E-state index contributed by atoms with van der Waals surface area (Å²) in [5, 5.41) is 21.1. The Morgan fingerprint density at radius 1 is 1.04 bits per heavy atom. The monoisotopic (exact) mass is 332 g/mol. The van der Waals surface area contributed by atoms with E-state index in [1.165, 1.54) is 16.9 Å². The summed E-state index contributed by atoms with van der Waals surface area (Å²) in [5.41, 5.74) is 9.23. The lowest BCUT2D eigenvalue weighted by Crippen LogP contribution is -1.99. The predicted molar refractivity (Wildman–Crippen MR) is 98.2 cm³/mol. The molecule has 1 aliphatic carbocycles. The summed E-state index contributed by atoms with van der Waals surface area (Å²) in [5.74, 6) is 0. The van der Waals surface area contributed by atoms with Gasteiger partial charge in [-0.05, 0) is 42.7 Å². The Kier molecular flexibility index (Phi) is 3.75. The van der Waals surface area contributed by atoms with E-state index in [0.717, 1.165) is 30.0 Å². The van der Waals surface area contributed by atoms with Crippen LogP contribution in [0.1, 0.15) is 28.8 Å². The van der Waals surface area contributed by atoms with E-state index >= 15 is 0 Å². The molecule has 0 spiro atoms. The van der Waals surface area contributed by atoms with Gasteiger partial charge in [0, 0.05) is 10.3 Å². The van der Waals surface area contributed by atoms with Crippen molar-refractivity contribution in [2.45, 2.75) is 25.7 Å². The molecule has 1 aromatic heterocycles. The van der Waals surface area contributed by atoms with Crippen molar-refractivity contribution in [1.82, 2.24) is 0 Å². The number of rotatable bonds is 2. The van der Waals surface area contributed by atoms with Crippen molar-refractivity contribution in [2.75, 3.05) is 5.73 Å². The lowest BCUT2D eigenvalue weighted by molar-refractivity contribution is 0.696. The van der Waals surface area contributed by atoms with Crippen LogP contribution in [0.25, 0.3) is 10.8 Å².